The number of unbranched alkanes of at least 4 members (excludes halogenated alkanes) is 9. The second-order valence-corrected chi connectivity index (χ2v) is 12.2. The minimum atomic E-state index is -1.88. The first kappa shape index (κ1) is 37.3. The molecule has 1 saturated carbocycles. The number of aliphatic hydroxyl groups excluding tert-OH is 8. The van der Waals surface area contributed by atoms with E-state index in [-0.39, 0.29) is 6.42 Å². The molecule has 12 nitrogen and oxygen atoms in total. The second kappa shape index (κ2) is 19.5. The zero-order valence-electron chi connectivity index (χ0n) is 25.2. The van der Waals surface area contributed by atoms with Crippen LogP contribution in [0.3, 0.4) is 0 Å². The monoisotopic (exact) mass is 608 g/mol. The van der Waals surface area contributed by atoms with Gasteiger partial charge in [-0.05, 0) is 12.3 Å². The van der Waals surface area contributed by atoms with Crippen molar-refractivity contribution in [2.75, 3.05) is 6.61 Å². The van der Waals surface area contributed by atoms with Gasteiger partial charge in [-0.25, -0.2) is 0 Å². The molecule has 42 heavy (non-hydrogen) atoms. The number of esters is 1. The van der Waals surface area contributed by atoms with Gasteiger partial charge in [0.05, 0.1) is 6.61 Å². The van der Waals surface area contributed by atoms with Crippen molar-refractivity contribution < 1.29 is 59.9 Å². The van der Waals surface area contributed by atoms with E-state index in [4.69, 9.17) is 14.2 Å². The summed E-state index contributed by atoms with van der Waals surface area (Å²) < 4.78 is 16.2. The van der Waals surface area contributed by atoms with Crippen LogP contribution in [-0.4, -0.2) is 121 Å². The van der Waals surface area contributed by atoms with Crippen molar-refractivity contribution in [3.8, 4) is 0 Å². The van der Waals surface area contributed by atoms with Crippen LogP contribution in [0.2, 0.25) is 0 Å². The van der Waals surface area contributed by atoms with Gasteiger partial charge in [0.2, 0.25) is 0 Å². The van der Waals surface area contributed by atoms with Crippen molar-refractivity contribution in [3.05, 3.63) is 0 Å². The third-order valence-electron chi connectivity index (χ3n) is 8.58. The molecule has 0 bridgehead atoms. The van der Waals surface area contributed by atoms with Gasteiger partial charge in [0.25, 0.3) is 0 Å². The molecule has 2 rings (SSSR count). The summed E-state index contributed by atoms with van der Waals surface area (Å²) in [5.41, 5.74) is 0. The van der Waals surface area contributed by atoms with Gasteiger partial charge >= 0.3 is 5.97 Å². The van der Waals surface area contributed by atoms with Crippen LogP contribution in [0.4, 0.5) is 0 Å². The van der Waals surface area contributed by atoms with Crippen molar-refractivity contribution in [1.82, 2.24) is 0 Å². The van der Waals surface area contributed by atoms with E-state index >= 15 is 0 Å². The molecule has 248 valence electrons. The maximum Gasteiger partial charge on any atom is 0.306 e. The van der Waals surface area contributed by atoms with Gasteiger partial charge in [-0.2, -0.15) is 0 Å². The zero-order chi connectivity index (χ0) is 31.2. The fraction of sp³-hybridized carbons (Fsp3) is 0.967. The summed E-state index contributed by atoms with van der Waals surface area (Å²) >= 11 is 0. The van der Waals surface area contributed by atoms with E-state index in [1.54, 1.807) is 0 Å². The van der Waals surface area contributed by atoms with Crippen LogP contribution in [0.25, 0.3) is 0 Å². The Kier molecular flexibility index (Phi) is 17.3. The average Bonchev–Trinajstić information content (AvgIpc) is 2.97. The van der Waals surface area contributed by atoms with Crippen molar-refractivity contribution in [1.29, 1.82) is 0 Å². The number of ether oxygens (including phenoxy) is 3. The Bertz CT molecular complexity index is 739. The summed E-state index contributed by atoms with van der Waals surface area (Å²) in [6.45, 7) is 3.81. The quantitative estimate of drug-likeness (QED) is 0.0752. The maximum absolute atomic E-state index is 12.6. The zero-order valence-corrected chi connectivity index (χ0v) is 25.2. The van der Waals surface area contributed by atoms with Gasteiger partial charge in [0.15, 0.2) is 12.4 Å². The van der Waals surface area contributed by atoms with E-state index in [1.165, 1.54) is 51.4 Å². The predicted molar refractivity (Wildman–Crippen MR) is 152 cm³/mol. The molecule has 0 spiro atoms. The fourth-order valence-electron chi connectivity index (χ4n) is 5.73. The van der Waals surface area contributed by atoms with E-state index in [2.05, 4.69) is 13.8 Å². The minimum Gasteiger partial charge on any atom is -0.457 e. The van der Waals surface area contributed by atoms with E-state index in [1.807, 2.05) is 0 Å². The molecular formula is C30H56O12. The summed E-state index contributed by atoms with van der Waals surface area (Å²) in [5.74, 6) is 0.0141. The van der Waals surface area contributed by atoms with Crippen LogP contribution in [0, 0.1) is 5.92 Å². The molecule has 12 heteroatoms. The first-order chi connectivity index (χ1) is 20.0. The standard InChI is InChI=1S/C30H56O12/c1-3-4-5-6-8-11-14-18(2)15-12-9-7-10-13-16-20(32)41-28-25(37)23(35)24(36)26(38)29(28)42-30-27(39)22(34)21(33)19(17-31)40-30/h18-19,21-31,33-39H,3-17H2,1-2H3/t18?,19-,21-,22+,23+,24+,25-,26-,27-,28-,29+,30+/m1/s1. The van der Waals surface area contributed by atoms with Gasteiger partial charge in [-0.15, -0.1) is 0 Å². The van der Waals surface area contributed by atoms with Crippen LogP contribution in [0.5, 0.6) is 0 Å². The lowest BCUT2D eigenvalue weighted by molar-refractivity contribution is -0.340. The Morgan fingerprint density at radius 1 is 0.667 bits per heavy atom. The lowest BCUT2D eigenvalue weighted by atomic mass is 9.84. The molecule has 2 aliphatic rings. The molecule has 1 saturated heterocycles. The normalized spacial score (nSPS) is 36.1. The molecule has 1 aliphatic carbocycles. The first-order valence-corrected chi connectivity index (χ1v) is 15.9. The molecule has 1 heterocycles. The topological polar surface area (TPSA) is 207 Å². The molecule has 1 unspecified atom stereocenters. The van der Waals surface area contributed by atoms with Gasteiger partial charge in [-0.3, -0.25) is 4.79 Å². The third-order valence-corrected chi connectivity index (χ3v) is 8.58. The smallest absolute Gasteiger partial charge is 0.306 e. The van der Waals surface area contributed by atoms with Crippen molar-refractivity contribution in [2.45, 2.75) is 171 Å². The van der Waals surface area contributed by atoms with Crippen LogP contribution >= 0.6 is 0 Å². The summed E-state index contributed by atoms with van der Waals surface area (Å²) in [4.78, 5) is 12.6. The number of rotatable bonds is 19. The van der Waals surface area contributed by atoms with Gasteiger partial charge in [0, 0.05) is 6.42 Å². The third kappa shape index (κ3) is 11.2. The maximum atomic E-state index is 12.6. The lowest BCUT2D eigenvalue weighted by Crippen LogP contribution is -2.67. The van der Waals surface area contributed by atoms with Gasteiger partial charge < -0.3 is 55.1 Å². The van der Waals surface area contributed by atoms with Crippen molar-refractivity contribution >= 4 is 5.97 Å². The highest BCUT2D eigenvalue weighted by molar-refractivity contribution is 5.69. The number of carbonyl (C=O) groups is 1. The molecule has 0 amide bonds. The molecular weight excluding hydrogens is 552 g/mol. The Hall–Kier alpha value is -0.930. The first-order valence-electron chi connectivity index (χ1n) is 15.9. The van der Waals surface area contributed by atoms with E-state index in [9.17, 15) is 45.6 Å². The van der Waals surface area contributed by atoms with Crippen LogP contribution in [0.15, 0.2) is 0 Å². The Morgan fingerprint density at radius 3 is 1.74 bits per heavy atom. The molecule has 0 aromatic rings. The van der Waals surface area contributed by atoms with E-state index in [0.717, 1.165) is 31.6 Å². The Morgan fingerprint density at radius 2 is 1.17 bits per heavy atom. The van der Waals surface area contributed by atoms with Crippen molar-refractivity contribution in [2.24, 2.45) is 5.92 Å². The van der Waals surface area contributed by atoms with E-state index < -0.39 is 79.9 Å². The highest BCUT2D eigenvalue weighted by Crippen LogP contribution is 2.31. The molecule has 0 aromatic carbocycles. The summed E-state index contributed by atoms with van der Waals surface area (Å²) in [5, 5.41) is 81.1. The summed E-state index contributed by atoms with van der Waals surface area (Å²) in [7, 11) is 0. The van der Waals surface area contributed by atoms with Crippen LogP contribution < -0.4 is 0 Å². The molecule has 2 fully saturated rings. The summed E-state index contributed by atoms with van der Waals surface area (Å²) in [6.07, 6.45) is -4.09. The van der Waals surface area contributed by atoms with Gasteiger partial charge in [0.1, 0.15) is 54.9 Å². The summed E-state index contributed by atoms with van der Waals surface area (Å²) in [6, 6.07) is 0. The molecule has 0 aromatic heterocycles. The average molecular weight is 609 g/mol. The van der Waals surface area contributed by atoms with Gasteiger partial charge in [-0.1, -0.05) is 90.9 Å². The SMILES string of the molecule is CCCCCCCCC(C)CCCCCCCC(=O)O[C@@H]1[C@H](O)[C@@H](O)[C@H](O)[C@@H](O)[C@@H]1O[C@@H]1O[C@H](CO)[C@@H](O)[C@H](O)[C@H]1O. The number of carbonyl (C=O) groups excluding carboxylic acids is 1. The van der Waals surface area contributed by atoms with Crippen LogP contribution in [0.1, 0.15) is 104 Å². The van der Waals surface area contributed by atoms with Crippen molar-refractivity contribution in [3.63, 3.8) is 0 Å². The van der Waals surface area contributed by atoms with Crippen LogP contribution in [-0.2, 0) is 19.0 Å². The Balaban J connectivity index is 1.77. The molecule has 1 aliphatic heterocycles. The highest BCUT2D eigenvalue weighted by Gasteiger charge is 2.54. The number of hydrogen-bond donors (Lipinski definition) is 8. The largest absolute Gasteiger partial charge is 0.457 e. The highest BCUT2D eigenvalue weighted by atomic mass is 16.7. The predicted octanol–water partition coefficient (Wildman–Crippen LogP) is 0.658. The second-order valence-electron chi connectivity index (χ2n) is 12.2. The Labute approximate surface area is 249 Å². The van der Waals surface area contributed by atoms with E-state index in [0.29, 0.717) is 6.42 Å². The number of aliphatic hydroxyl groups is 8. The lowest BCUT2D eigenvalue weighted by Gasteiger charge is -2.46. The number of hydrogen-bond acceptors (Lipinski definition) is 12. The fourth-order valence-corrected chi connectivity index (χ4v) is 5.73. The minimum absolute atomic E-state index is 0.0269. The molecule has 12 atom stereocenters. The molecule has 0 radical (unpaired) electrons. The molecule has 8 N–H and O–H groups in total.